The summed E-state index contributed by atoms with van der Waals surface area (Å²) in [7, 11) is 0. The fourth-order valence-electron chi connectivity index (χ4n) is 2.28. The summed E-state index contributed by atoms with van der Waals surface area (Å²) in [6.07, 6.45) is -0.186. The number of benzene rings is 2. The van der Waals surface area contributed by atoms with Crippen LogP contribution in [0.25, 0.3) is 0 Å². The highest BCUT2D eigenvalue weighted by atomic mass is 35.5. The number of carbonyl (C=O) groups excluding carboxylic acids is 1. The Bertz CT molecular complexity index is 791. The van der Waals surface area contributed by atoms with Crippen molar-refractivity contribution in [2.45, 2.75) is 19.9 Å². The summed E-state index contributed by atoms with van der Waals surface area (Å²) >= 11 is 6.33. The van der Waals surface area contributed by atoms with Gasteiger partial charge in [0.25, 0.3) is 0 Å². The van der Waals surface area contributed by atoms with Crippen molar-refractivity contribution < 1.29 is 19.0 Å². The molecule has 1 amide bonds. The molecule has 7 heteroatoms. The van der Waals surface area contributed by atoms with Crippen LogP contribution in [-0.4, -0.2) is 25.7 Å². The lowest BCUT2D eigenvalue weighted by Crippen LogP contribution is -2.21. The van der Waals surface area contributed by atoms with Crippen molar-refractivity contribution in [2.75, 3.05) is 19.8 Å². The van der Waals surface area contributed by atoms with Crippen LogP contribution in [-0.2, 0) is 11.3 Å². The molecule has 0 bridgehead atoms. The van der Waals surface area contributed by atoms with Crippen molar-refractivity contribution >= 4 is 17.5 Å². The number of amides is 1. The van der Waals surface area contributed by atoms with Gasteiger partial charge in [0.2, 0.25) is 5.91 Å². The quantitative estimate of drug-likeness (QED) is 0.627. The highest BCUT2D eigenvalue weighted by Crippen LogP contribution is 2.36. The van der Waals surface area contributed by atoms with Crippen molar-refractivity contribution in [3.05, 3.63) is 53.1 Å². The monoisotopic (exact) mass is 388 g/mol. The van der Waals surface area contributed by atoms with Gasteiger partial charge in [-0.3, -0.25) is 4.79 Å². The number of carbonyl (C=O) groups is 1. The smallest absolute Gasteiger partial charge is 0.234 e. The molecule has 0 aliphatic carbocycles. The molecule has 0 radical (unpaired) electrons. The topological polar surface area (TPSA) is 80.6 Å². The van der Waals surface area contributed by atoms with Crippen LogP contribution in [0.5, 0.6) is 17.2 Å². The maximum Gasteiger partial charge on any atom is 0.234 e. The van der Waals surface area contributed by atoms with Crippen molar-refractivity contribution in [3.63, 3.8) is 0 Å². The molecule has 0 atom stereocenters. The van der Waals surface area contributed by atoms with E-state index in [0.29, 0.717) is 36.3 Å². The van der Waals surface area contributed by atoms with Crippen LogP contribution in [0.2, 0.25) is 5.02 Å². The molecular weight excluding hydrogens is 368 g/mol. The van der Waals surface area contributed by atoms with Gasteiger partial charge in [0, 0.05) is 6.54 Å². The number of rotatable bonds is 10. The lowest BCUT2D eigenvalue weighted by molar-refractivity contribution is -0.120. The third-order valence-electron chi connectivity index (χ3n) is 3.44. The number of nitrogens with zero attached hydrogens (tertiary/aromatic N) is 1. The Morgan fingerprint density at radius 1 is 1.15 bits per heavy atom. The lowest BCUT2D eigenvalue weighted by atomic mass is 10.2. The Balaban J connectivity index is 1.97. The van der Waals surface area contributed by atoms with Gasteiger partial charge in [0.1, 0.15) is 25.4 Å². The summed E-state index contributed by atoms with van der Waals surface area (Å²) in [5.41, 5.74) is 0.752. The molecule has 2 aromatic rings. The highest BCUT2D eigenvalue weighted by Gasteiger charge is 2.13. The molecule has 0 heterocycles. The van der Waals surface area contributed by atoms with E-state index in [4.69, 9.17) is 31.1 Å². The van der Waals surface area contributed by atoms with Gasteiger partial charge in [0.15, 0.2) is 11.5 Å². The molecule has 2 aromatic carbocycles. The Morgan fingerprint density at radius 2 is 1.89 bits per heavy atom. The molecule has 142 valence electrons. The SMILES string of the molecule is CCOc1cc(CNC(=O)CC#N)cc(Cl)c1OCCOc1ccccc1. The molecule has 0 saturated carbocycles. The first-order valence-electron chi connectivity index (χ1n) is 8.53. The van der Waals surface area contributed by atoms with E-state index in [9.17, 15) is 4.79 Å². The van der Waals surface area contributed by atoms with Crippen LogP contribution < -0.4 is 19.5 Å². The maximum atomic E-state index is 11.4. The summed E-state index contributed by atoms with van der Waals surface area (Å²) in [5, 5.41) is 11.6. The summed E-state index contributed by atoms with van der Waals surface area (Å²) in [6.45, 7) is 3.21. The number of para-hydroxylation sites is 1. The third-order valence-corrected chi connectivity index (χ3v) is 3.72. The molecule has 0 unspecified atom stereocenters. The fraction of sp³-hybridized carbons (Fsp3) is 0.300. The van der Waals surface area contributed by atoms with Crippen LogP contribution in [0.15, 0.2) is 42.5 Å². The number of halogens is 1. The van der Waals surface area contributed by atoms with E-state index in [1.54, 1.807) is 18.2 Å². The van der Waals surface area contributed by atoms with E-state index < -0.39 is 0 Å². The normalized spacial score (nSPS) is 9.96. The summed E-state index contributed by atoms with van der Waals surface area (Å²) in [4.78, 5) is 11.4. The van der Waals surface area contributed by atoms with Crippen LogP contribution in [0, 0.1) is 11.3 Å². The van der Waals surface area contributed by atoms with Gasteiger partial charge in [-0.2, -0.15) is 5.26 Å². The van der Waals surface area contributed by atoms with Crippen molar-refractivity contribution in [3.8, 4) is 23.3 Å². The minimum Gasteiger partial charge on any atom is -0.490 e. The molecule has 27 heavy (non-hydrogen) atoms. The van der Waals surface area contributed by atoms with Crippen molar-refractivity contribution in [1.82, 2.24) is 5.32 Å². The molecule has 0 saturated heterocycles. The van der Waals surface area contributed by atoms with E-state index in [0.717, 1.165) is 11.3 Å². The number of ether oxygens (including phenoxy) is 3. The highest BCUT2D eigenvalue weighted by molar-refractivity contribution is 6.32. The second-order valence-corrected chi connectivity index (χ2v) is 5.87. The number of hydrogen-bond acceptors (Lipinski definition) is 5. The molecular formula is C20H21ClN2O4. The summed E-state index contributed by atoms with van der Waals surface area (Å²) in [6, 6.07) is 14.7. The Hall–Kier alpha value is -2.91. The second-order valence-electron chi connectivity index (χ2n) is 5.46. The van der Waals surface area contributed by atoms with Gasteiger partial charge >= 0.3 is 0 Å². The van der Waals surface area contributed by atoms with Crippen molar-refractivity contribution in [1.29, 1.82) is 5.26 Å². The third kappa shape index (κ3) is 6.72. The van der Waals surface area contributed by atoms with Gasteiger partial charge in [-0.05, 0) is 36.8 Å². The number of nitriles is 1. The summed E-state index contributed by atoms with van der Waals surface area (Å²) < 4.78 is 17.0. The molecule has 0 aliphatic rings. The van der Waals surface area contributed by atoms with E-state index >= 15 is 0 Å². The van der Waals surface area contributed by atoms with Gasteiger partial charge in [0.05, 0.1) is 17.7 Å². The van der Waals surface area contributed by atoms with E-state index in [2.05, 4.69) is 5.32 Å². The minimum atomic E-state index is -0.343. The molecule has 1 N–H and O–H groups in total. The first-order chi connectivity index (χ1) is 13.1. The average Bonchev–Trinajstić information content (AvgIpc) is 2.66. The predicted octanol–water partition coefficient (Wildman–Crippen LogP) is 3.73. The fourth-order valence-corrected chi connectivity index (χ4v) is 2.57. The molecule has 6 nitrogen and oxygen atoms in total. The van der Waals surface area contributed by atoms with Gasteiger partial charge in [-0.15, -0.1) is 0 Å². The van der Waals surface area contributed by atoms with Gasteiger partial charge in [-0.25, -0.2) is 0 Å². The standard InChI is InChI=1S/C20H21ClN2O4/c1-2-25-18-13-15(14-23-19(24)8-9-22)12-17(21)20(18)27-11-10-26-16-6-4-3-5-7-16/h3-7,12-13H,2,8,10-11,14H2,1H3,(H,23,24). The zero-order chi connectivity index (χ0) is 19.5. The molecule has 0 spiro atoms. The molecule has 0 aromatic heterocycles. The summed E-state index contributed by atoms with van der Waals surface area (Å²) in [5.74, 6) is 1.35. The lowest BCUT2D eigenvalue weighted by Gasteiger charge is -2.16. The number of hydrogen-bond donors (Lipinski definition) is 1. The van der Waals surface area contributed by atoms with Gasteiger partial charge < -0.3 is 19.5 Å². The Labute approximate surface area is 163 Å². The molecule has 0 aliphatic heterocycles. The Kier molecular flexibility index (Phi) is 8.27. The first kappa shape index (κ1) is 20.4. The van der Waals surface area contributed by atoms with Crippen LogP contribution in [0.3, 0.4) is 0 Å². The van der Waals surface area contributed by atoms with E-state index in [-0.39, 0.29) is 18.9 Å². The molecule has 2 rings (SSSR count). The average molecular weight is 389 g/mol. The maximum absolute atomic E-state index is 11.4. The largest absolute Gasteiger partial charge is 0.490 e. The first-order valence-corrected chi connectivity index (χ1v) is 8.91. The zero-order valence-electron chi connectivity index (χ0n) is 15.0. The van der Waals surface area contributed by atoms with Crippen LogP contribution in [0.4, 0.5) is 0 Å². The molecule has 0 fully saturated rings. The van der Waals surface area contributed by atoms with Crippen molar-refractivity contribution in [2.24, 2.45) is 0 Å². The van der Waals surface area contributed by atoms with Crippen LogP contribution >= 0.6 is 11.6 Å². The van der Waals surface area contributed by atoms with E-state index in [1.165, 1.54) is 0 Å². The Morgan fingerprint density at radius 3 is 2.59 bits per heavy atom. The van der Waals surface area contributed by atoms with E-state index in [1.807, 2.05) is 37.3 Å². The second kappa shape index (κ2) is 10.9. The minimum absolute atomic E-state index is 0.186. The van der Waals surface area contributed by atoms with Gasteiger partial charge in [-0.1, -0.05) is 29.8 Å². The predicted molar refractivity (Wildman–Crippen MR) is 102 cm³/mol. The number of nitrogens with one attached hydrogen (secondary N) is 1. The zero-order valence-corrected chi connectivity index (χ0v) is 15.8. The van der Waals surface area contributed by atoms with Crippen LogP contribution in [0.1, 0.15) is 18.9 Å².